The van der Waals surface area contributed by atoms with Crippen LogP contribution in [0.2, 0.25) is 0 Å². The minimum atomic E-state index is -4.81. The second kappa shape index (κ2) is 10.2. The summed E-state index contributed by atoms with van der Waals surface area (Å²) in [6.07, 6.45) is 4.19. The van der Waals surface area contributed by atoms with Crippen LogP contribution in [0.15, 0.2) is 54.7 Å². The van der Waals surface area contributed by atoms with Crippen molar-refractivity contribution in [1.82, 2.24) is 9.88 Å². The molecule has 0 radical (unpaired) electrons. The molecule has 1 unspecified atom stereocenters. The molecule has 0 bridgehead atoms. The molecule has 5 rings (SSSR count). The third-order valence-corrected chi connectivity index (χ3v) is 8.19. The molecule has 0 saturated heterocycles. The maximum atomic E-state index is 13.2. The number of halogens is 3. The largest absolute Gasteiger partial charge is 0.421 e. The standard InChI is InChI=1S/C30H33F3N4O/c1-29(38,30(31,32)33)24-10-8-20(9-11-24)27(34)26-17-23(18-36-28(26)35)21-7-6-19-12-14-37(15-13-22(19)16-21)25-4-2-3-5-25/h6-11,16-18,25,34,38H,2-5,12-15H2,1H3,(H2,35,36). The van der Waals surface area contributed by atoms with Crippen LogP contribution in [0.5, 0.6) is 0 Å². The molecule has 1 fully saturated rings. The molecule has 1 atom stereocenters. The fourth-order valence-electron chi connectivity index (χ4n) is 5.67. The number of nitrogens with zero attached hydrogens (tertiary/aromatic N) is 2. The van der Waals surface area contributed by atoms with Gasteiger partial charge in [-0.15, -0.1) is 0 Å². The fraction of sp³-hybridized carbons (Fsp3) is 0.400. The molecule has 0 amide bonds. The van der Waals surface area contributed by atoms with E-state index in [9.17, 15) is 18.3 Å². The lowest BCUT2D eigenvalue weighted by Gasteiger charge is -2.26. The normalized spacial score (nSPS) is 18.6. The molecule has 5 nitrogen and oxygen atoms in total. The first-order valence-electron chi connectivity index (χ1n) is 13.2. The van der Waals surface area contributed by atoms with Crippen molar-refractivity contribution >= 4 is 11.5 Å². The van der Waals surface area contributed by atoms with E-state index in [0.717, 1.165) is 37.1 Å². The van der Waals surface area contributed by atoms with Crippen molar-refractivity contribution in [3.63, 3.8) is 0 Å². The Hall–Kier alpha value is -3.23. The maximum absolute atomic E-state index is 13.2. The van der Waals surface area contributed by atoms with E-state index in [4.69, 9.17) is 11.1 Å². The zero-order chi connectivity index (χ0) is 27.1. The number of nitrogen functional groups attached to an aromatic ring is 1. The van der Waals surface area contributed by atoms with Crippen LogP contribution >= 0.6 is 0 Å². The fourth-order valence-corrected chi connectivity index (χ4v) is 5.67. The smallest absolute Gasteiger partial charge is 0.383 e. The van der Waals surface area contributed by atoms with E-state index >= 15 is 0 Å². The van der Waals surface area contributed by atoms with Gasteiger partial charge in [0, 0.05) is 42.0 Å². The van der Waals surface area contributed by atoms with Crippen molar-refractivity contribution in [2.24, 2.45) is 0 Å². The Kier molecular flexibility index (Phi) is 7.05. The third kappa shape index (κ3) is 5.07. The third-order valence-electron chi connectivity index (χ3n) is 8.19. The maximum Gasteiger partial charge on any atom is 0.421 e. The molecule has 3 aromatic rings. The van der Waals surface area contributed by atoms with Gasteiger partial charge in [0.25, 0.3) is 0 Å². The second-order valence-electron chi connectivity index (χ2n) is 10.6. The molecule has 0 spiro atoms. The highest BCUT2D eigenvalue weighted by Crippen LogP contribution is 2.38. The van der Waals surface area contributed by atoms with E-state index in [1.165, 1.54) is 61.1 Å². The topological polar surface area (TPSA) is 86.2 Å². The first-order chi connectivity index (χ1) is 18.0. The number of fused-ring (bicyclic) bond motifs is 1. The number of rotatable bonds is 5. The molecule has 1 aliphatic carbocycles. The lowest BCUT2D eigenvalue weighted by molar-refractivity contribution is -0.258. The summed E-state index contributed by atoms with van der Waals surface area (Å²) >= 11 is 0. The molecular weight excluding hydrogens is 489 g/mol. The van der Waals surface area contributed by atoms with Gasteiger partial charge >= 0.3 is 6.18 Å². The highest BCUT2D eigenvalue weighted by Gasteiger charge is 2.51. The number of aromatic nitrogens is 1. The summed E-state index contributed by atoms with van der Waals surface area (Å²) in [6.45, 7) is 2.87. The molecule has 1 aromatic heterocycles. The summed E-state index contributed by atoms with van der Waals surface area (Å²) in [4.78, 5) is 6.98. The molecule has 1 saturated carbocycles. The van der Waals surface area contributed by atoms with Crippen molar-refractivity contribution in [2.45, 2.75) is 63.3 Å². The Labute approximate surface area is 221 Å². The van der Waals surface area contributed by atoms with Crippen LogP contribution in [0, 0.1) is 5.41 Å². The minimum Gasteiger partial charge on any atom is -0.383 e. The van der Waals surface area contributed by atoms with Gasteiger partial charge in [0.15, 0.2) is 5.60 Å². The molecule has 2 heterocycles. The lowest BCUT2D eigenvalue weighted by Crippen LogP contribution is -2.39. The van der Waals surface area contributed by atoms with Crippen LogP contribution in [0.3, 0.4) is 0 Å². The van der Waals surface area contributed by atoms with Crippen LogP contribution in [-0.2, 0) is 18.4 Å². The molecule has 2 aliphatic rings. The summed E-state index contributed by atoms with van der Waals surface area (Å²) in [5.74, 6) is 0.173. The second-order valence-corrected chi connectivity index (χ2v) is 10.6. The highest BCUT2D eigenvalue weighted by molar-refractivity contribution is 6.13. The first-order valence-corrected chi connectivity index (χ1v) is 13.2. The Balaban J connectivity index is 1.38. The minimum absolute atomic E-state index is 0.0528. The van der Waals surface area contributed by atoms with Crippen molar-refractivity contribution in [2.75, 3.05) is 18.8 Å². The van der Waals surface area contributed by atoms with E-state index in [-0.39, 0.29) is 17.1 Å². The van der Waals surface area contributed by atoms with Crippen LogP contribution in [0.1, 0.15) is 60.4 Å². The zero-order valence-electron chi connectivity index (χ0n) is 21.5. The van der Waals surface area contributed by atoms with Gasteiger partial charge in [0.1, 0.15) is 5.82 Å². The Morgan fingerprint density at radius 3 is 2.29 bits per heavy atom. The Morgan fingerprint density at radius 2 is 1.63 bits per heavy atom. The number of nitrogens with two attached hydrogens (primary N) is 1. The lowest BCUT2D eigenvalue weighted by atomic mass is 9.92. The van der Waals surface area contributed by atoms with Crippen LogP contribution in [-0.4, -0.2) is 46.0 Å². The average molecular weight is 523 g/mol. The number of alkyl halides is 3. The number of hydrogen-bond acceptors (Lipinski definition) is 5. The molecule has 4 N–H and O–H groups in total. The van der Waals surface area contributed by atoms with Gasteiger partial charge in [0.05, 0.1) is 5.71 Å². The predicted octanol–water partition coefficient (Wildman–Crippen LogP) is 5.86. The van der Waals surface area contributed by atoms with E-state index in [2.05, 4.69) is 28.1 Å². The monoisotopic (exact) mass is 522 g/mol. The molecule has 200 valence electrons. The summed E-state index contributed by atoms with van der Waals surface area (Å²) in [6, 6.07) is 14.2. The first kappa shape index (κ1) is 26.4. The average Bonchev–Trinajstić information content (AvgIpc) is 3.35. The van der Waals surface area contributed by atoms with Gasteiger partial charge < -0.3 is 10.8 Å². The van der Waals surface area contributed by atoms with E-state index < -0.39 is 11.8 Å². The molecule has 38 heavy (non-hydrogen) atoms. The predicted molar refractivity (Wildman–Crippen MR) is 143 cm³/mol. The van der Waals surface area contributed by atoms with Crippen molar-refractivity contribution in [3.05, 3.63) is 82.5 Å². The number of pyridine rings is 1. The van der Waals surface area contributed by atoms with Crippen LogP contribution in [0.4, 0.5) is 19.0 Å². The van der Waals surface area contributed by atoms with Crippen molar-refractivity contribution in [1.29, 1.82) is 5.41 Å². The number of nitrogens with one attached hydrogen (secondary N) is 1. The van der Waals surface area contributed by atoms with Gasteiger partial charge in [-0.3, -0.25) is 10.3 Å². The van der Waals surface area contributed by atoms with E-state index in [0.29, 0.717) is 24.1 Å². The van der Waals surface area contributed by atoms with Crippen LogP contribution in [0.25, 0.3) is 11.1 Å². The number of hydrogen-bond donors (Lipinski definition) is 3. The molecule has 2 aromatic carbocycles. The Bertz CT molecular complexity index is 1330. The summed E-state index contributed by atoms with van der Waals surface area (Å²) in [5.41, 5.74) is 8.22. The SMILES string of the molecule is CC(O)(c1ccc(C(=N)c2cc(-c3ccc4c(c3)CCN(C3CCCC3)CC4)cnc2N)cc1)C(F)(F)F. The van der Waals surface area contributed by atoms with Crippen molar-refractivity contribution in [3.8, 4) is 11.1 Å². The summed E-state index contributed by atoms with van der Waals surface area (Å²) < 4.78 is 39.6. The van der Waals surface area contributed by atoms with E-state index in [1.807, 2.05) is 6.07 Å². The number of anilines is 1. The molecular formula is C30H33F3N4O. The van der Waals surface area contributed by atoms with E-state index in [1.54, 1.807) is 6.20 Å². The van der Waals surface area contributed by atoms with Crippen molar-refractivity contribution < 1.29 is 18.3 Å². The summed E-state index contributed by atoms with van der Waals surface area (Å²) in [7, 11) is 0. The van der Waals surface area contributed by atoms with Gasteiger partial charge in [-0.05, 0) is 60.9 Å². The quantitative estimate of drug-likeness (QED) is 0.367. The van der Waals surface area contributed by atoms with Gasteiger partial charge in [-0.25, -0.2) is 4.98 Å². The van der Waals surface area contributed by atoms with Gasteiger partial charge in [-0.2, -0.15) is 13.2 Å². The van der Waals surface area contributed by atoms with Crippen LogP contribution < -0.4 is 5.73 Å². The number of aliphatic hydroxyl groups is 1. The van der Waals surface area contributed by atoms with Gasteiger partial charge in [0.2, 0.25) is 0 Å². The Morgan fingerprint density at radius 1 is 0.974 bits per heavy atom. The van der Waals surface area contributed by atoms with Gasteiger partial charge in [-0.1, -0.05) is 55.3 Å². The number of benzene rings is 2. The molecule has 8 heteroatoms. The molecule has 1 aliphatic heterocycles. The zero-order valence-corrected chi connectivity index (χ0v) is 21.5. The highest BCUT2D eigenvalue weighted by atomic mass is 19.4. The summed E-state index contributed by atoms with van der Waals surface area (Å²) in [5, 5.41) is 18.6.